The molecule has 2 atom stereocenters. The zero-order valence-electron chi connectivity index (χ0n) is 12.6. The van der Waals surface area contributed by atoms with E-state index in [1.807, 2.05) is 30.3 Å². The predicted octanol–water partition coefficient (Wildman–Crippen LogP) is 1.46. The van der Waals surface area contributed by atoms with Gasteiger partial charge in [-0.05, 0) is 12.0 Å². The van der Waals surface area contributed by atoms with Crippen molar-refractivity contribution in [1.29, 1.82) is 0 Å². The van der Waals surface area contributed by atoms with Crippen molar-refractivity contribution in [2.24, 2.45) is 11.7 Å². The van der Waals surface area contributed by atoms with Gasteiger partial charge in [0.25, 0.3) is 0 Å². The number of ether oxygens (including phenoxy) is 1. The van der Waals surface area contributed by atoms with Crippen molar-refractivity contribution < 1.29 is 19.1 Å². The van der Waals surface area contributed by atoms with Crippen molar-refractivity contribution in [2.75, 3.05) is 7.11 Å². The lowest BCUT2D eigenvalue weighted by molar-refractivity contribution is -0.146. The lowest BCUT2D eigenvalue weighted by atomic mass is 9.95. The third-order valence-electron chi connectivity index (χ3n) is 3.10. The van der Waals surface area contributed by atoms with Crippen LogP contribution in [0, 0.1) is 5.92 Å². The monoisotopic (exact) mass is 328 g/mol. The molecule has 7 heteroatoms. The highest BCUT2D eigenvalue weighted by Gasteiger charge is 2.25. The zero-order valence-corrected chi connectivity index (χ0v) is 13.4. The van der Waals surface area contributed by atoms with E-state index in [9.17, 15) is 14.4 Å². The smallest absolute Gasteiger partial charge is 0.312 e. The Morgan fingerprint density at radius 3 is 2.32 bits per heavy atom. The third-order valence-corrected chi connectivity index (χ3v) is 3.10. The van der Waals surface area contributed by atoms with E-state index < -0.39 is 24.0 Å². The average molecular weight is 329 g/mol. The van der Waals surface area contributed by atoms with E-state index in [0.717, 1.165) is 5.56 Å². The number of carbonyl (C=O) groups is 3. The van der Waals surface area contributed by atoms with Crippen LogP contribution in [0.1, 0.15) is 18.9 Å². The molecule has 3 N–H and O–H groups in total. The number of hydrogen-bond acceptors (Lipinski definition) is 4. The Balaban J connectivity index is 0.00000441. The number of hydrogen-bond donors (Lipinski definition) is 2. The molecule has 0 unspecified atom stereocenters. The maximum absolute atomic E-state index is 12.2. The second-order valence-electron chi connectivity index (χ2n) is 4.85. The quantitative estimate of drug-likeness (QED) is 0.740. The van der Waals surface area contributed by atoms with Gasteiger partial charge in [0.05, 0.1) is 19.1 Å². The average Bonchev–Trinajstić information content (AvgIpc) is 2.46. The van der Waals surface area contributed by atoms with E-state index in [1.165, 1.54) is 7.11 Å². The van der Waals surface area contributed by atoms with E-state index in [-0.39, 0.29) is 24.6 Å². The standard InChI is InChI=1S/C15H20N2O4.ClH/c1-10(14(19)21-2)8-13(18)12(17-15(16)20)9-11-6-4-3-5-7-11;/h3-7,10,12H,8-9H2,1-2H3,(H3,16,17,20);1H/t10-,12+;/m1./s1. The van der Waals surface area contributed by atoms with Crippen molar-refractivity contribution in [3.8, 4) is 0 Å². The Hall–Kier alpha value is -2.08. The summed E-state index contributed by atoms with van der Waals surface area (Å²) in [5, 5.41) is 2.43. The zero-order chi connectivity index (χ0) is 15.8. The van der Waals surface area contributed by atoms with Crippen LogP contribution in [0.3, 0.4) is 0 Å². The number of carbonyl (C=O) groups excluding carboxylic acids is 3. The number of esters is 1. The second kappa shape index (κ2) is 9.78. The molecular formula is C15H21ClN2O4. The summed E-state index contributed by atoms with van der Waals surface area (Å²) in [7, 11) is 1.27. The van der Waals surface area contributed by atoms with E-state index in [0.29, 0.717) is 6.42 Å². The van der Waals surface area contributed by atoms with Crippen LogP contribution in [0.4, 0.5) is 4.79 Å². The molecule has 0 aliphatic heterocycles. The molecule has 1 aromatic rings. The SMILES string of the molecule is COC(=O)[C@H](C)CC(=O)[C@H](Cc1ccccc1)NC(N)=O.Cl. The molecule has 0 saturated heterocycles. The largest absolute Gasteiger partial charge is 0.469 e. The van der Waals surface area contributed by atoms with Crippen molar-refractivity contribution in [2.45, 2.75) is 25.8 Å². The number of primary amides is 1. The number of urea groups is 1. The minimum absolute atomic E-state index is 0. The number of methoxy groups -OCH3 is 1. The number of Topliss-reactive ketones (excluding diaryl/α,β-unsaturated/α-hetero) is 1. The van der Waals surface area contributed by atoms with Crippen LogP contribution in [-0.2, 0) is 20.7 Å². The fraction of sp³-hybridized carbons (Fsp3) is 0.400. The molecule has 22 heavy (non-hydrogen) atoms. The van der Waals surface area contributed by atoms with E-state index >= 15 is 0 Å². The first-order valence-electron chi connectivity index (χ1n) is 6.64. The van der Waals surface area contributed by atoms with Gasteiger partial charge in [-0.25, -0.2) is 4.79 Å². The summed E-state index contributed by atoms with van der Waals surface area (Å²) < 4.78 is 4.59. The molecule has 0 spiro atoms. The van der Waals surface area contributed by atoms with E-state index in [4.69, 9.17) is 5.73 Å². The van der Waals surface area contributed by atoms with Crippen LogP contribution in [-0.4, -0.2) is 30.9 Å². The van der Waals surface area contributed by atoms with E-state index in [1.54, 1.807) is 6.92 Å². The minimum atomic E-state index is -0.769. The van der Waals surface area contributed by atoms with Gasteiger partial charge in [-0.3, -0.25) is 9.59 Å². The number of halogens is 1. The van der Waals surface area contributed by atoms with Crippen molar-refractivity contribution >= 4 is 30.2 Å². The molecule has 0 radical (unpaired) electrons. The van der Waals surface area contributed by atoms with Crippen LogP contribution in [0.25, 0.3) is 0 Å². The minimum Gasteiger partial charge on any atom is -0.469 e. The molecule has 1 rings (SSSR count). The van der Waals surface area contributed by atoms with Gasteiger partial charge in [-0.2, -0.15) is 0 Å². The highest BCUT2D eigenvalue weighted by molar-refractivity contribution is 5.91. The molecule has 2 amide bonds. The first kappa shape index (κ1) is 19.9. The number of ketones is 1. The summed E-state index contributed by atoms with van der Waals surface area (Å²) in [5.74, 6) is -1.27. The fourth-order valence-corrected chi connectivity index (χ4v) is 2.00. The maximum Gasteiger partial charge on any atom is 0.312 e. The van der Waals surface area contributed by atoms with Gasteiger partial charge >= 0.3 is 12.0 Å². The van der Waals surface area contributed by atoms with Gasteiger partial charge < -0.3 is 15.8 Å². The molecule has 0 saturated carbocycles. The normalized spacial score (nSPS) is 12.5. The molecule has 0 heterocycles. The Kier molecular flexibility index (Phi) is 8.86. The van der Waals surface area contributed by atoms with Gasteiger partial charge in [0.1, 0.15) is 0 Å². The summed E-state index contributed by atoms with van der Waals surface area (Å²) in [6.07, 6.45) is 0.320. The first-order chi connectivity index (χ1) is 9.93. The summed E-state index contributed by atoms with van der Waals surface area (Å²) in [6.45, 7) is 1.60. The van der Waals surface area contributed by atoms with Crippen molar-refractivity contribution in [1.82, 2.24) is 5.32 Å². The van der Waals surface area contributed by atoms with Crippen LogP contribution in [0.2, 0.25) is 0 Å². The van der Waals surface area contributed by atoms with Crippen molar-refractivity contribution in [3.63, 3.8) is 0 Å². The molecule has 122 valence electrons. The van der Waals surface area contributed by atoms with Crippen LogP contribution in [0.15, 0.2) is 30.3 Å². The molecule has 0 fully saturated rings. The van der Waals surface area contributed by atoms with Gasteiger partial charge in [0.15, 0.2) is 5.78 Å². The van der Waals surface area contributed by atoms with Crippen LogP contribution < -0.4 is 11.1 Å². The maximum atomic E-state index is 12.2. The van der Waals surface area contributed by atoms with Gasteiger partial charge in [-0.1, -0.05) is 37.3 Å². The summed E-state index contributed by atoms with van der Waals surface area (Å²) in [6, 6.07) is 7.74. The third kappa shape index (κ3) is 6.58. The van der Waals surface area contributed by atoms with E-state index in [2.05, 4.69) is 10.1 Å². The number of amides is 2. The Morgan fingerprint density at radius 1 is 1.23 bits per heavy atom. The molecule has 0 aliphatic rings. The molecule has 0 aromatic heterocycles. The van der Waals surface area contributed by atoms with Gasteiger partial charge in [0, 0.05) is 6.42 Å². The predicted molar refractivity (Wildman–Crippen MR) is 84.7 cm³/mol. The van der Waals surface area contributed by atoms with Crippen LogP contribution in [0.5, 0.6) is 0 Å². The molecule has 1 aromatic carbocycles. The lowest BCUT2D eigenvalue weighted by Crippen LogP contribution is -2.45. The number of nitrogens with one attached hydrogen (secondary N) is 1. The topological polar surface area (TPSA) is 98.5 Å². The summed E-state index contributed by atoms with van der Waals surface area (Å²) >= 11 is 0. The Bertz CT molecular complexity index is 508. The molecular weight excluding hydrogens is 308 g/mol. The van der Waals surface area contributed by atoms with Gasteiger partial charge in [-0.15, -0.1) is 12.4 Å². The summed E-state index contributed by atoms with van der Waals surface area (Å²) in [5.41, 5.74) is 6.01. The summed E-state index contributed by atoms with van der Waals surface area (Å²) in [4.78, 5) is 34.6. The Morgan fingerprint density at radius 2 is 1.82 bits per heavy atom. The van der Waals surface area contributed by atoms with Gasteiger partial charge in [0.2, 0.25) is 0 Å². The second-order valence-corrected chi connectivity index (χ2v) is 4.85. The number of benzene rings is 1. The number of rotatable bonds is 7. The molecule has 0 aliphatic carbocycles. The molecule has 6 nitrogen and oxygen atoms in total. The number of nitrogens with two attached hydrogens (primary N) is 1. The van der Waals surface area contributed by atoms with Crippen molar-refractivity contribution in [3.05, 3.63) is 35.9 Å². The lowest BCUT2D eigenvalue weighted by Gasteiger charge is -2.18. The highest BCUT2D eigenvalue weighted by Crippen LogP contribution is 2.11. The Labute approximate surface area is 135 Å². The highest BCUT2D eigenvalue weighted by atomic mass is 35.5. The van der Waals surface area contributed by atoms with Crippen LogP contribution >= 0.6 is 12.4 Å². The first-order valence-corrected chi connectivity index (χ1v) is 6.64. The fourth-order valence-electron chi connectivity index (χ4n) is 2.00. The molecule has 0 bridgehead atoms.